The highest BCUT2D eigenvalue weighted by Crippen LogP contribution is 2.47. The van der Waals surface area contributed by atoms with Crippen LogP contribution in [0.5, 0.6) is 11.5 Å². The molecule has 3 unspecified atom stereocenters. The van der Waals surface area contributed by atoms with Crippen LogP contribution in [0.2, 0.25) is 0 Å². The van der Waals surface area contributed by atoms with Crippen LogP contribution in [0.3, 0.4) is 0 Å². The van der Waals surface area contributed by atoms with Gasteiger partial charge in [0, 0.05) is 20.3 Å². The molecule has 172 valence electrons. The lowest BCUT2D eigenvalue weighted by Gasteiger charge is -2.35. The first kappa shape index (κ1) is 21.7. The van der Waals surface area contributed by atoms with Crippen LogP contribution in [0.4, 0.5) is 0 Å². The molecule has 0 radical (unpaired) electrons. The fraction of sp³-hybridized carbons (Fsp3) is 0.407. The molecule has 3 aliphatic rings. The van der Waals surface area contributed by atoms with Gasteiger partial charge in [-0.2, -0.15) is 0 Å². The molecule has 33 heavy (non-hydrogen) atoms. The third kappa shape index (κ3) is 4.15. The number of Topliss-reactive ketones (excluding diaryl/α,β-unsaturated/α-hetero) is 1. The Labute approximate surface area is 194 Å². The van der Waals surface area contributed by atoms with E-state index >= 15 is 0 Å². The molecule has 0 saturated heterocycles. The van der Waals surface area contributed by atoms with E-state index in [2.05, 4.69) is 0 Å². The van der Waals surface area contributed by atoms with Crippen LogP contribution in [0.1, 0.15) is 43.7 Å². The highest BCUT2D eigenvalue weighted by molar-refractivity contribution is 6.11. The normalized spacial score (nSPS) is 24.4. The number of fused-ring (bicyclic) bond motifs is 1. The summed E-state index contributed by atoms with van der Waals surface area (Å²) in [6.07, 6.45) is 4.21. The highest BCUT2D eigenvalue weighted by Gasteiger charge is 2.51. The number of rotatable bonds is 7. The predicted octanol–water partition coefficient (Wildman–Crippen LogP) is 4.81. The minimum absolute atomic E-state index is 0.0722. The van der Waals surface area contributed by atoms with Gasteiger partial charge in [0.15, 0.2) is 11.5 Å². The Hall–Kier alpha value is -3.12. The molecule has 6 heteroatoms. The van der Waals surface area contributed by atoms with E-state index in [0.717, 1.165) is 37.0 Å². The molecule has 1 fully saturated rings. The van der Waals surface area contributed by atoms with E-state index in [1.165, 1.54) is 0 Å². The zero-order chi connectivity index (χ0) is 22.8. The maximum absolute atomic E-state index is 13.6. The summed E-state index contributed by atoms with van der Waals surface area (Å²) in [5, 5.41) is 0. The maximum Gasteiger partial charge on any atom is 0.290 e. The molecule has 6 nitrogen and oxygen atoms in total. The Morgan fingerprint density at radius 2 is 1.79 bits per heavy atom. The van der Waals surface area contributed by atoms with Crippen LogP contribution in [0.25, 0.3) is 0 Å². The number of hydrogen-bond donors (Lipinski definition) is 0. The highest BCUT2D eigenvalue weighted by atomic mass is 16.5. The van der Waals surface area contributed by atoms with Gasteiger partial charge >= 0.3 is 0 Å². The van der Waals surface area contributed by atoms with Crippen molar-refractivity contribution in [3.8, 4) is 11.5 Å². The van der Waals surface area contributed by atoms with Crippen molar-refractivity contribution in [2.24, 2.45) is 5.92 Å². The van der Waals surface area contributed by atoms with E-state index in [1.54, 1.807) is 12.0 Å². The minimum Gasteiger partial charge on any atom is -0.483 e. The van der Waals surface area contributed by atoms with E-state index in [-0.39, 0.29) is 29.5 Å². The number of carbonyl (C=O) groups excluding carboxylic acids is 2. The lowest BCUT2D eigenvalue weighted by molar-refractivity contribution is -0.135. The van der Waals surface area contributed by atoms with Crippen molar-refractivity contribution in [2.45, 2.75) is 44.2 Å². The summed E-state index contributed by atoms with van der Waals surface area (Å²) in [5.74, 6) is 1.36. The molecular formula is C27H29NO5. The summed E-state index contributed by atoms with van der Waals surface area (Å²) in [4.78, 5) is 28.8. The smallest absolute Gasteiger partial charge is 0.290 e. The molecule has 2 heterocycles. The average Bonchev–Trinajstić information content (AvgIpc) is 3.12. The Bertz CT molecular complexity index is 1060. The number of ketones is 1. The second-order valence-electron chi connectivity index (χ2n) is 8.89. The molecule has 0 bridgehead atoms. The van der Waals surface area contributed by atoms with Crippen molar-refractivity contribution < 1.29 is 23.8 Å². The van der Waals surface area contributed by atoms with Gasteiger partial charge in [-0.3, -0.25) is 9.59 Å². The monoisotopic (exact) mass is 447 g/mol. The zero-order valence-electron chi connectivity index (χ0n) is 18.9. The van der Waals surface area contributed by atoms with E-state index in [9.17, 15) is 9.59 Å². The summed E-state index contributed by atoms with van der Waals surface area (Å²) in [5.41, 5.74) is 1.36. The van der Waals surface area contributed by atoms with Gasteiger partial charge in [0.05, 0.1) is 17.5 Å². The quantitative estimate of drug-likeness (QED) is 0.570. The van der Waals surface area contributed by atoms with Crippen LogP contribution in [-0.2, 0) is 19.1 Å². The SMILES string of the molecule is COCCCN1C(=O)C2=C(C(=O)C3CCCCC3O2)C1c1cccc(Oc2ccccc2)c1. The van der Waals surface area contributed by atoms with Crippen LogP contribution < -0.4 is 4.74 Å². The number of ether oxygens (including phenoxy) is 3. The molecule has 3 atom stereocenters. The summed E-state index contributed by atoms with van der Waals surface area (Å²) < 4.78 is 17.5. The summed E-state index contributed by atoms with van der Waals surface area (Å²) in [6, 6.07) is 16.8. The molecule has 2 aromatic rings. The third-order valence-electron chi connectivity index (χ3n) is 6.76. The minimum atomic E-state index is -0.473. The Morgan fingerprint density at radius 3 is 2.61 bits per heavy atom. The van der Waals surface area contributed by atoms with Gasteiger partial charge in [-0.25, -0.2) is 0 Å². The van der Waals surface area contributed by atoms with Crippen LogP contribution in [0.15, 0.2) is 65.9 Å². The Balaban J connectivity index is 1.51. The van der Waals surface area contributed by atoms with Crippen molar-refractivity contribution in [3.05, 3.63) is 71.5 Å². The standard InChI is InChI=1S/C27H29NO5/c1-31-16-8-15-28-24(18-9-7-12-20(17-18)32-19-10-3-2-4-11-19)23-25(29)21-13-5-6-14-22(21)33-26(23)27(28)30/h2-4,7,9-12,17,21-22,24H,5-6,8,13-16H2,1H3. The van der Waals surface area contributed by atoms with E-state index < -0.39 is 6.04 Å². The van der Waals surface area contributed by atoms with Gasteiger partial charge in [0.25, 0.3) is 5.91 Å². The lowest BCUT2D eigenvalue weighted by Crippen LogP contribution is -2.39. The van der Waals surface area contributed by atoms with Gasteiger partial charge in [-0.15, -0.1) is 0 Å². The topological polar surface area (TPSA) is 65.1 Å². The third-order valence-corrected chi connectivity index (χ3v) is 6.76. The molecule has 5 rings (SSSR count). The van der Waals surface area contributed by atoms with Gasteiger partial charge in [0.1, 0.15) is 17.6 Å². The molecule has 2 aromatic carbocycles. The van der Waals surface area contributed by atoms with Crippen LogP contribution in [-0.4, -0.2) is 43.0 Å². The van der Waals surface area contributed by atoms with Crippen molar-refractivity contribution in [3.63, 3.8) is 0 Å². The first-order chi connectivity index (χ1) is 16.2. The predicted molar refractivity (Wildman–Crippen MR) is 123 cm³/mol. The van der Waals surface area contributed by atoms with Gasteiger partial charge in [0.2, 0.25) is 0 Å². The second kappa shape index (κ2) is 9.40. The fourth-order valence-corrected chi connectivity index (χ4v) is 5.22. The molecular weight excluding hydrogens is 418 g/mol. The molecule has 0 N–H and O–H groups in total. The van der Waals surface area contributed by atoms with E-state index in [1.807, 2.05) is 54.6 Å². The van der Waals surface area contributed by atoms with Gasteiger partial charge in [-0.05, 0) is 55.5 Å². The van der Waals surface area contributed by atoms with Crippen LogP contribution >= 0.6 is 0 Å². The number of nitrogens with zero attached hydrogens (tertiary/aromatic N) is 1. The number of benzene rings is 2. The first-order valence-electron chi connectivity index (χ1n) is 11.7. The largest absolute Gasteiger partial charge is 0.483 e. The molecule has 0 spiro atoms. The number of carbonyl (C=O) groups is 2. The summed E-state index contributed by atoms with van der Waals surface area (Å²) in [6.45, 7) is 1.03. The summed E-state index contributed by atoms with van der Waals surface area (Å²) >= 11 is 0. The van der Waals surface area contributed by atoms with Crippen molar-refractivity contribution in [1.82, 2.24) is 4.90 Å². The number of hydrogen-bond acceptors (Lipinski definition) is 5. The first-order valence-corrected chi connectivity index (χ1v) is 11.7. The summed E-state index contributed by atoms with van der Waals surface area (Å²) in [7, 11) is 1.65. The zero-order valence-corrected chi connectivity index (χ0v) is 18.9. The fourth-order valence-electron chi connectivity index (χ4n) is 5.22. The Kier molecular flexibility index (Phi) is 6.18. The van der Waals surface area contributed by atoms with Crippen LogP contribution in [0, 0.1) is 5.92 Å². The molecule has 1 amide bonds. The number of para-hydroxylation sites is 1. The number of methoxy groups -OCH3 is 1. The van der Waals surface area contributed by atoms with E-state index in [0.29, 0.717) is 30.9 Å². The molecule has 2 aliphatic heterocycles. The van der Waals surface area contributed by atoms with Gasteiger partial charge < -0.3 is 19.1 Å². The molecule has 1 aliphatic carbocycles. The maximum atomic E-state index is 13.6. The number of amides is 1. The Morgan fingerprint density at radius 1 is 1.00 bits per heavy atom. The van der Waals surface area contributed by atoms with Crippen molar-refractivity contribution in [2.75, 3.05) is 20.3 Å². The average molecular weight is 448 g/mol. The van der Waals surface area contributed by atoms with E-state index in [4.69, 9.17) is 14.2 Å². The lowest BCUT2D eigenvalue weighted by atomic mass is 9.77. The molecule has 1 saturated carbocycles. The second-order valence-corrected chi connectivity index (χ2v) is 8.89. The van der Waals surface area contributed by atoms with Crippen molar-refractivity contribution in [1.29, 1.82) is 0 Å². The van der Waals surface area contributed by atoms with Crippen molar-refractivity contribution >= 4 is 11.7 Å². The molecule has 0 aromatic heterocycles. The van der Waals surface area contributed by atoms with Gasteiger partial charge in [-0.1, -0.05) is 36.8 Å².